The molecule has 1 N–H and O–H groups in total. The molecule has 0 aliphatic carbocycles. The van der Waals surface area contributed by atoms with Crippen molar-refractivity contribution in [2.45, 2.75) is 17.3 Å². The standard InChI is InChI=1S/C14H13ClOS/c15-13-8-12(9-16)6-7-14(13)17-10-11-4-2-1-3-5-11/h1-8,16H,9-10H2. The molecule has 0 atom stereocenters. The Morgan fingerprint density at radius 1 is 1.00 bits per heavy atom. The molecule has 2 aromatic rings. The minimum atomic E-state index is 0.0311. The maximum atomic E-state index is 9.00. The van der Waals surface area contributed by atoms with E-state index in [1.54, 1.807) is 11.8 Å². The fourth-order valence-electron chi connectivity index (χ4n) is 1.50. The van der Waals surface area contributed by atoms with Gasteiger partial charge in [0.2, 0.25) is 0 Å². The topological polar surface area (TPSA) is 20.2 Å². The Kier molecular flexibility index (Phi) is 4.49. The lowest BCUT2D eigenvalue weighted by atomic mass is 10.2. The van der Waals surface area contributed by atoms with Crippen molar-refractivity contribution >= 4 is 23.4 Å². The molecule has 0 amide bonds. The summed E-state index contributed by atoms with van der Waals surface area (Å²) >= 11 is 7.85. The van der Waals surface area contributed by atoms with Crippen LogP contribution in [-0.4, -0.2) is 5.11 Å². The quantitative estimate of drug-likeness (QED) is 0.838. The second-order valence-electron chi connectivity index (χ2n) is 3.70. The SMILES string of the molecule is OCc1ccc(SCc2ccccc2)c(Cl)c1. The van der Waals surface area contributed by atoms with E-state index in [2.05, 4.69) is 12.1 Å². The maximum Gasteiger partial charge on any atom is 0.0682 e. The minimum absolute atomic E-state index is 0.0311. The van der Waals surface area contributed by atoms with Crippen LogP contribution >= 0.6 is 23.4 Å². The molecular formula is C14H13ClOS. The molecule has 17 heavy (non-hydrogen) atoms. The molecule has 0 unspecified atom stereocenters. The number of halogens is 1. The summed E-state index contributed by atoms with van der Waals surface area (Å²) in [6.45, 7) is 0.0311. The van der Waals surface area contributed by atoms with Crippen LogP contribution in [0.15, 0.2) is 53.4 Å². The zero-order valence-corrected chi connectivity index (χ0v) is 10.8. The highest BCUT2D eigenvalue weighted by molar-refractivity contribution is 7.98. The van der Waals surface area contributed by atoms with Gasteiger partial charge in [-0.05, 0) is 23.3 Å². The Bertz CT molecular complexity index is 485. The summed E-state index contributed by atoms with van der Waals surface area (Å²) < 4.78 is 0. The summed E-state index contributed by atoms with van der Waals surface area (Å²) in [7, 11) is 0. The van der Waals surface area contributed by atoms with Gasteiger partial charge in [-0.15, -0.1) is 11.8 Å². The van der Waals surface area contributed by atoms with Gasteiger partial charge in [-0.1, -0.05) is 48.0 Å². The lowest BCUT2D eigenvalue weighted by Gasteiger charge is -2.05. The molecule has 1 nitrogen and oxygen atoms in total. The first kappa shape index (κ1) is 12.5. The normalized spacial score (nSPS) is 10.5. The molecule has 3 heteroatoms. The van der Waals surface area contributed by atoms with Crippen LogP contribution in [0.2, 0.25) is 5.02 Å². The molecule has 2 aromatic carbocycles. The Balaban J connectivity index is 2.04. The van der Waals surface area contributed by atoms with Crippen molar-refractivity contribution in [3.8, 4) is 0 Å². The second-order valence-corrected chi connectivity index (χ2v) is 5.12. The molecule has 0 bridgehead atoms. The number of rotatable bonds is 4. The van der Waals surface area contributed by atoms with Crippen LogP contribution in [0.3, 0.4) is 0 Å². The highest BCUT2D eigenvalue weighted by atomic mass is 35.5. The molecular weight excluding hydrogens is 252 g/mol. The van der Waals surface area contributed by atoms with E-state index in [4.69, 9.17) is 16.7 Å². The summed E-state index contributed by atoms with van der Waals surface area (Å²) in [6, 6.07) is 16.0. The number of aliphatic hydroxyl groups excluding tert-OH is 1. The minimum Gasteiger partial charge on any atom is -0.392 e. The Labute approximate surface area is 110 Å². The van der Waals surface area contributed by atoms with Gasteiger partial charge in [-0.3, -0.25) is 0 Å². The fraction of sp³-hybridized carbons (Fsp3) is 0.143. The Morgan fingerprint density at radius 2 is 1.76 bits per heavy atom. The molecule has 0 spiro atoms. The molecule has 2 rings (SSSR count). The lowest BCUT2D eigenvalue weighted by Crippen LogP contribution is -1.85. The van der Waals surface area contributed by atoms with E-state index < -0.39 is 0 Å². The first-order valence-corrected chi connectivity index (χ1v) is 6.72. The summed E-state index contributed by atoms with van der Waals surface area (Å²) in [4.78, 5) is 1.05. The van der Waals surface area contributed by atoms with Crippen LogP contribution in [0, 0.1) is 0 Å². The maximum absolute atomic E-state index is 9.00. The monoisotopic (exact) mass is 264 g/mol. The summed E-state index contributed by atoms with van der Waals surface area (Å²) in [5.41, 5.74) is 2.12. The van der Waals surface area contributed by atoms with Gasteiger partial charge in [-0.25, -0.2) is 0 Å². The van der Waals surface area contributed by atoms with Gasteiger partial charge in [0.15, 0.2) is 0 Å². The van der Waals surface area contributed by atoms with Gasteiger partial charge in [-0.2, -0.15) is 0 Å². The van der Waals surface area contributed by atoms with Gasteiger partial charge >= 0.3 is 0 Å². The first-order valence-electron chi connectivity index (χ1n) is 5.35. The molecule has 0 saturated heterocycles. The molecule has 0 saturated carbocycles. The zero-order valence-electron chi connectivity index (χ0n) is 9.27. The van der Waals surface area contributed by atoms with Crippen molar-refractivity contribution in [1.82, 2.24) is 0 Å². The van der Waals surface area contributed by atoms with Crippen LogP contribution in [-0.2, 0) is 12.4 Å². The van der Waals surface area contributed by atoms with E-state index in [1.807, 2.05) is 36.4 Å². The third-order valence-corrected chi connectivity index (χ3v) is 3.99. The molecule has 0 aliphatic heterocycles. The largest absolute Gasteiger partial charge is 0.392 e. The number of thioether (sulfide) groups is 1. The van der Waals surface area contributed by atoms with Gasteiger partial charge in [0.25, 0.3) is 0 Å². The van der Waals surface area contributed by atoms with E-state index in [0.29, 0.717) is 5.02 Å². The number of aliphatic hydroxyl groups is 1. The van der Waals surface area contributed by atoms with Crippen molar-refractivity contribution in [2.24, 2.45) is 0 Å². The molecule has 0 radical (unpaired) electrons. The van der Waals surface area contributed by atoms with Crippen molar-refractivity contribution in [1.29, 1.82) is 0 Å². The summed E-state index contributed by atoms with van der Waals surface area (Å²) in [5.74, 6) is 0.902. The second kappa shape index (κ2) is 6.10. The van der Waals surface area contributed by atoms with Crippen LogP contribution in [0.4, 0.5) is 0 Å². The molecule has 0 aliphatic rings. The van der Waals surface area contributed by atoms with E-state index in [9.17, 15) is 0 Å². The predicted molar refractivity (Wildman–Crippen MR) is 73.4 cm³/mol. The molecule has 0 fully saturated rings. The van der Waals surface area contributed by atoms with Gasteiger partial charge in [0.05, 0.1) is 11.6 Å². The van der Waals surface area contributed by atoms with Crippen LogP contribution in [0.5, 0.6) is 0 Å². The number of benzene rings is 2. The van der Waals surface area contributed by atoms with Crippen molar-refractivity contribution < 1.29 is 5.11 Å². The lowest BCUT2D eigenvalue weighted by molar-refractivity contribution is 0.282. The smallest absolute Gasteiger partial charge is 0.0682 e. The van der Waals surface area contributed by atoms with Gasteiger partial charge < -0.3 is 5.11 Å². The zero-order chi connectivity index (χ0) is 12.1. The van der Waals surface area contributed by atoms with Gasteiger partial charge in [0.1, 0.15) is 0 Å². The average Bonchev–Trinajstić information content (AvgIpc) is 2.38. The third kappa shape index (κ3) is 3.50. The Hall–Kier alpha value is -0.960. The Morgan fingerprint density at radius 3 is 2.41 bits per heavy atom. The van der Waals surface area contributed by atoms with Gasteiger partial charge in [0, 0.05) is 10.6 Å². The average molecular weight is 265 g/mol. The summed E-state index contributed by atoms with van der Waals surface area (Å²) in [6.07, 6.45) is 0. The van der Waals surface area contributed by atoms with E-state index >= 15 is 0 Å². The third-order valence-electron chi connectivity index (χ3n) is 2.42. The fourth-order valence-corrected chi connectivity index (χ4v) is 2.74. The number of hydrogen-bond donors (Lipinski definition) is 1. The highest BCUT2D eigenvalue weighted by Crippen LogP contribution is 2.30. The van der Waals surface area contributed by atoms with Crippen LogP contribution in [0.25, 0.3) is 0 Å². The number of hydrogen-bond acceptors (Lipinski definition) is 2. The van der Waals surface area contributed by atoms with Crippen LogP contribution < -0.4 is 0 Å². The predicted octanol–water partition coefficient (Wildman–Crippen LogP) is 4.12. The first-order chi connectivity index (χ1) is 8.29. The summed E-state index contributed by atoms with van der Waals surface area (Å²) in [5, 5.41) is 9.70. The molecule has 0 heterocycles. The molecule has 88 valence electrons. The highest BCUT2D eigenvalue weighted by Gasteiger charge is 2.02. The van der Waals surface area contributed by atoms with Crippen molar-refractivity contribution in [2.75, 3.05) is 0 Å². The molecule has 0 aromatic heterocycles. The van der Waals surface area contributed by atoms with Crippen molar-refractivity contribution in [3.05, 3.63) is 64.7 Å². The van der Waals surface area contributed by atoms with E-state index in [-0.39, 0.29) is 6.61 Å². The van der Waals surface area contributed by atoms with Crippen LogP contribution in [0.1, 0.15) is 11.1 Å². The van der Waals surface area contributed by atoms with E-state index in [1.165, 1.54) is 5.56 Å². The van der Waals surface area contributed by atoms with Crippen molar-refractivity contribution in [3.63, 3.8) is 0 Å². The van der Waals surface area contributed by atoms with E-state index in [0.717, 1.165) is 16.2 Å².